The van der Waals surface area contributed by atoms with Crippen molar-refractivity contribution in [3.63, 3.8) is 0 Å². The lowest BCUT2D eigenvalue weighted by molar-refractivity contribution is -0.141. The van der Waals surface area contributed by atoms with E-state index in [1.807, 2.05) is 12.1 Å². The molecule has 1 unspecified atom stereocenters. The van der Waals surface area contributed by atoms with E-state index >= 15 is 0 Å². The molecule has 1 saturated carbocycles. The second-order valence-electron chi connectivity index (χ2n) is 5.77. The summed E-state index contributed by atoms with van der Waals surface area (Å²) in [6, 6.07) is 7.14. The Labute approximate surface area is 123 Å². The summed E-state index contributed by atoms with van der Waals surface area (Å²) in [6.07, 6.45) is 4.28. The van der Waals surface area contributed by atoms with Crippen LogP contribution in [0.2, 0.25) is 0 Å². The van der Waals surface area contributed by atoms with E-state index in [1.165, 1.54) is 6.42 Å². The quantitative estimate of drug-likeness (QED) is 0.922. The van der Waals surface area contributed by atoms with E-state index in [2.05, 4.69) is 0 Å². The van der Waals surface area contributed by atoms with Crippen LogP contribution in [-0.4, -0.2) is 41.1 Å². The van der Waals surface area contributed by atoms with Crippen molar-refractivity contribution in [2.45, 2.75) is 31.8 Å². The Morgan fingerprint density at radius 2 is 1.86 bits per heavy atom. The summed E-state index contributed by atoms with van der Waals surface area (Å²) in [4.78, 5) is 24.9. The van der Waals surface area contributed by atoms with E-state index < -0.39 is 11.9 Å². The van der Waals surface area contributed by atoms with Crippen LogP contribution in [0.4, 0.5) is 0 Å². The fourth-order valence-corrected chi connectivity index (χ4v) is 2.69. The van der Waals surface area contributed by atoms with Gasteiger partial charge in [-0.25, -0.2) is 0 Å². The molecule has 112 valence electrons. The zero-order valence-corrected chi connectivity index (χ0v) is 11.8. The Bertz CT molecular complexity index is 536. The molecule has 0 bridgehead atoms. The van der Waals surface area contributed by atoms with Crippen LogP contribution in [0.5, 0.6) is 5.75 Å². The van der Waals surface area contributed by atoms with Crippen LogP contribution < -0.4 is 4.74 Å². The zero-order chi connectivity index (χ0) is 14.8. The predicted octanol–water partition coefficient (Wildman–Crippen LogP) is 2.16. The summed E-state index contributed by atoms with van der Waals surface area (Å²) in [5, 5.41) is 8.98. The van der Waals surface area contributed by atoms with Crippen LogP contribution >= 0.6 is 0 Å². The number of nitrogens with zero attached hydrogens (tertiary/aromatic N) is 1. The van der Waals surface area contributed by atoms with Gasteiger partial charge in [0, 0.05) is 18.7 Å². The van der Waals surface area contributed by atoms with E-state index in [1.54, 1.807) is 17.0 Å². The molecule has 5 nitrogen and oxygen atoms in total. The first kappa shape index (κ1) is 13.9. The summed E-state index contributed by atoms with van der Waals surface area (Å²) >= 11 is 0. The first-order valence-corrected chi connectivity index (χ1v) is 7.42. The van der Waals surface area contributed by atoms with Crippen molar-refractivity contribution in [2.75, 3.05) is 13.1 Å². The average molecular weight is 289 g/mol. The van der Waals surface area contributed by atoms with Gasteiger partial charge in [0.15, 0.2) is 0 Å². The minimum atomic E-state index is -0.824. The van der Waals surface area contributed by atoms with Gasteiger partial charge in [0.05, 0.1) is 12.0 Å². The van der Waals surface area contributed by atoms with Crippen LogP contribution in [0, 0.1) is 5.92 Å². The molecule has 1 amide bonds. The number of amides is 1. The number of benzene rings is 1. The van der Waals surface area contributed by atoms with E-state index in [9.17, 15) is 9.59 Å². The maximum absolute atomic E-state index is 12.3. The van der Waals surface area contributed by atoms with Crippen molar-refractivity contribution < 1.29 is 19.4 Å². The van der Waals surface area contributed by atoms with Gasteiger partial charge in [0.25, 0.3) is 5.91 Å². The van der Waals surface area contributed by atoms with Gasteiger partial charge >= 0.3 is 5.97 Å². The summed E-state index contributed by atoms with van der Waals surface area (Å²) < 4.78 is 5.76. The number of rotatable bonds is 4. The number of hydrogen-bond donors (Lipinski definition) is 1. The highest BCUT2D eigenvalue weighted by atomic mass is 16.5. The lowest BCUT2D eigenvalue weighted by Crippen LogP contribution is -2.30. The molecule has 2 fully saturated rings. The molecular formula is C16H19NO4. The molecule has 1 saturated heterocycles. The molecule has 5 heteroatoms. The third-order valence-electron chi connectivity index (χ3n) is 4.28. The Morgan fingerprint density at radius 1 is 1.14 bits per heavy atom. The SMILES string of the molecule is O=C(O)C1CCN(C(=O)c2ccc(OC3CCC3)cc2)C1. The van der Waals surface area contributed by atoms with Gasteiger partial charge < -0.3 is 14.7 Å². The molecule has 2 aliphatic rings. The van der Waals surface area contributed by atoms with E-state index in [0.29, 0.717) is 31.2 Å². The van der Waals surface area contributed by atoms with Crippen LogP contribution in [0.1, 0.15) is 36.0 Å². The van der Waals surface area contributed by atoms with Gasteiger partial charge in [0.2, 0.25) is 0 Å². The normalized spacial score (nSPS) is 21.9. The Hall–Kier alpha value is -2.04. The number of carbonyl (C=O) groups is 2. The fraction of sp³-hybridized carbons (Fsp3) is 0.500. The number of carboxylic acid groups (broad SMARTS) is 1. The van der Waals surface area contributed by atoms with E-state index in [0.717, 1.165) is 18.6 Å². The third-order valence-corrected chi connectivity index (χ3v) is 4.28. The largest absolute Gasteiger partial charge is 0.490 e. The number of ether oxygens (including phenoxy) is 1. The molecule has 3 rings (SSSR count). The molecule has 1 aliphatic carbocycles. The number of carboxylic acids is 1. The highest BCUT2D eigenvalue weighted by Gasteiger charge is 2.31. The summed E-state index contributed by atoms with van der Waals surface area (Å²) in [6.45, 7) is 0.810. The third kappa shape index (κ3) is 3.01. The zero-order valence-electron chi connectivity index (χ0n) is 11.8. The van der Waals surface area contributed by atoms with Crippen molar-refractivity contribution in [3.05, 3.63) is 29.8 Å². The summed E-state index contributed by atoms with van der Waals surface area (Å²) in [5.74, 6) is -0.570. The maximum atomic E-state index is 12.3. The summed E-state index contributed by atoms with van der Waals surface area (Å²) in [5.41, 5.74) is 0.585. The smallest absolute Gasteiger partial charge is 0.308 e. The predicted molar refractivity (Wildman–Crippen MR) is 76.4 cm³/mol. The lowest BCUT2D eigenvalue weighted by Gasteiger charge is -2.26. The van der Waals surface area contributed by atoms with Gasteiger partial charge in [0.1, 0.15) is 5.75 Å². The standard InChI is InChI=1S/C16H19NO4/c18-15(17-9-8-12(10-17)16(19)20)11-4-6-14(7-5-11)21-13-2-1-3-13/h4-7,12-13H,1-3,8-10H2,(H,19,20). The van der Waals surface area contributed by atoms with Gasteiger partial charge in [-0.15, -0.1) is 0 Å². The molecule has 1 aromatic rings. The van der Waals surface area contributed by atoms with E-state index in [-0.39, 0.29) is 5.91 Å². The fourth-order valence-electron chi connectivity index (χ4n) is 2.69. The van der Waals surface area contributed by atoms with Crippen molar-refractivity contribution >= 4 is 11.9 Å². The molecule has 1 aliphatic heterocycles. The molecule has 21 heavy (non-hydrogen) atoms. The van der Waals surface area contributed by atoms with Crippen LogP contribution in [0.3, 0.4) is 0 Å². The molecule has 0 aromatic heterocycles. The van der Waals surface area contributed by atoms with Crippen molar-refractivity contribution in [1.82, 2.24) is 4.90 Å². The number of carbonyl (C=O) groups excluding carboxylic acids is 1. The molecule has 0 radical (unpaired) electrons. The minimum absolute atomic E-state index is 0.103. The second-order valence-corrected chi connectivity index (χ2v) is 5.77. The van der Waals surface area contributed by atoms with E-state index in [4.69, 9.17) is 9.84 Å². The summed E-state index contributed by atoms with van der Waals surface area (Å²) in [7, 11) is 0. The maximum Gasteiger partial charge on any atom is 0.308 e. The topological polar surface area (TPSA) is 66.8 Å². The number of likely N-dealkylation sites (tertiary alicyclic amines) is 1. The van der Waals surface area contributed by atoms with Crippen LogP contribution in [0.15, 0.2) is 24.3 Å². The first-order valence-electron chi connectivity index (χ1n) is 7.42. The molecule has 0 spiro atoms. The Morgan fingerprint density at radius 3 is 2.38 bits per heavy atom. The van der Waals surface area contributed by atoms with Gasteiger partial charge in [-0.2, -0.15) is 0 Å². The van der Waals surface area contributed by atoms with Gasteiger partial charge in [-0.1, -0.05) is 0 Å². The molecule has 1 aromatic carbocycles. The molecule has 1 N–H and O–H groups in total. The first-order chi connectivity index (χ1) is 10.1. The van der Waals surface area contributed by atoms with Crippen LogP contribution in [0.25, 0.3) is 0 Å². The molecule has 1 heterocycles. The second kappa shape index (κ2) is 5.76. The van der Waals surface area contributed by atoms with Crippen molar-refractivity contribution in [2.24, 2.45) is 5.92 Å². The highest BCUT2D eigenvalue weighted by molar-refractivity contribution is 5.94. The number of aliphatic carboxylic acids is 1. The minimum Gasteiger partial charge on any atom is -0.490 e. The Kier molecular flexibility index (Phi) is 3.82. The number of hydrogen-bond acceptors (Lipinski definition) is 3. The monoisotopic (exact) mass is 289 g/mol. The van der Waals surface area contributed by atoms with Gasteiger partial charge in [-0.3, -0.25) is 9.59 Å². The average Bonchev–Trinajstić information content (AvgIpc) is 2.93. The van der Waals surface area contributed by atoms with Crippen molar-refractivity contribution in [3.8, 4) is 5.75 Å². The lowest BCUT2D eigenvalue weighted by atomic mass is 9.96. The molecular weight excluding hydrogens is 270 g/mol. The van der Waals surface area contributed by atoms with Gasteiger partial charge in [-0.05, 0) is 49.9 Å². The highest BCUT2D eigenvalue weighted by Crippen LogP contribution is 2.26. The molecule has 1 atom stereocenters. The van der Waals surface area contributed by atoms with Crippen molar-refractivity contribution in [1.29, 1.82) is 0 Å². The van der Waals surface area contributed by atoms with Crippen LogP contribution in [-0.2, 0) is 4.79 Å². The Balaban J connectivity index is 1.61.